The lowest BCUT2D eigenvalue weighted by atomic mass is 9.82. The van der Waals surface area contributed by atoms with Crippen LogP contribution in [0.3, 0.4) is 0 Å². The van der Waals surface area contributed by atoms with Gasteiger partial charge in [0.25, 0.3) is 11.8 Å². The zero-order chi connectivity index (χ0) is 29.2. The molecule has 0 spiro atoms. The van der Waals surface area contributed by atoms with Gasteiger partial charge in [0, 0.05) is 21.9 Å². The maximum Gasteiger partial charge on any atom is 0.346 e. The Morgan fingerprint density at radius 1 is 0.500 bits per heavy atom. The van der Waals surface area contributed by atoms with E-state index in [2.05, 4.69) is 27.7 Å². The average molecular weight is 552 g/mol. The van der Waals surface area contributed by atoms with Gasteiger partial charge in [0.1, 0.15) is 0 Å². The van der Waals surface area contributed by atoms with Crippen molar-refractivity contribution in [1.82, 2.24) is 0 Å². The van der Waals surface area contributed by atoms with Crippen molar-refractivity contribution in [1.29, 1.82) is 0 Å². The topological polar surface area (TPSA) is 80.8 Å². The number of amides is 2. The highest BCUT2D eigenvalue weighted by molar-refractivity contribution is 6.43. The van der Waals surface area contributed by atoms with Crippen LogP contribution in [0.4, 0.5) is 5.69 Å². The molecule has 0 N–H and O–H groups in total. The van der Waals surface area contributed by atoms with Crippen LogP contribution >= 0.6 is 0 Å². The van der Waals surface area contributed by atoms with Gasteiger partial charge in [-0.1, -0.05) is 70.2 Å². The van der Waals surface area contributed by atoms with Gasteiger partial charge in [-0.3, -0.25) is 9.59 Å². The summed E-state index contributed by atoms with van der Waals surface area (Å²) in [7, 11) is 0. The zero-order valence-electron chi connectivity index (χ0n) is 23.5. The summed E-state index contributed by atoms with van der Waals surface area (Å²) in [4.78, 5) is 55.3. The van der Waals surface area contributed by atoms with Gasteiger partial charge in [-0.05, 0) is 79.5 Å². The van der Waals surface area contributed by atoms with Crippen LogP contribution in [0, 0.1) is 0 Å². The molecule has 0 saturated carbocycles. The van der Waals surface area contributed by atoms with Gasteiger partial charge >= 0.3 is 11.9 Å². The molecule has 42 heavy (non-hydrogen) atoms. The summed E-state index contributed by atoms with van der Waals surface area (Å²) in [5.41, 5.74) is 4.25. The molecule has 0 unspecified atom stereocenters. The number of hydrogen-bond acceptors (Lipinski definition) is 5. The normalized spacial score (nSPS) is 15.0. The molecule has 6 aromatic carbocycles. The monoisotopic (exact) mass is 551 g/mol. The summed E-state index contributed by atoms with van der Waals surface area (Å²) in [5, 5.41) is 6.24. The first-order chi connectivity index (χ1) is 20.2. The average Bonchev–Trinajstić information content (AvgIpc) is 2.97. The molecule has 2 amide bonds. The van der Waals surface area contributed by atoms with E-state index in [-0.39, 0.29) is 23.7 Å². The van der Waals surface area contributed by atoms with Crippen LogP contribution in [0.2, 0.25) is 0 Å². The first kappa shape index (κ1) is 24.7. The number of fused-ring (bicyclic) bond motifs is 2. The maximum absolute atomic E-state index is 14.4. The largest absolute Gasteiger partial charge is 0.386 e. The van der Waals surface area contributed by atoms with Gasteiger partial charge in [0.15, 0.2) is 0 Å². The molecular weight excluding hydrogens is 526 g/mol. The predicted octanol–water partition coefficient (Wildman–Crippen LogP) is 8.10. The Hall–Kier alpha value is -5.10. The molecule has 6 nitrogen and oxygen atoms in total. The van der Waals surface area contributed by atoms with Crippen molar-refractivity contribution in [3.05, 3.63) is 100 Å². The van der Waals surface area contributed by atoms with Crippen molar-refractivity contribution < 1.29 is 23.9 Å². The summed E-state index contributed by atoms with van der Waals surface area (Å²) >= 11 is 0. The molecule has 0 bridgehead atoms. The number of para-hydroxylation sites is 1. The number of carbonyl (C=O) groups excluding carboxylic acids is 4. The van der Waals surface area contributed by atoms with Crippen LogP contribution < -0.4 is 4.90 Å². The van der Waals surface area contributed by atoms with Crippen LogP contribution in [0.25, 0.3) is 43.1 Å². The fourth-order valence-electron chi connectivity index (χ4n) is 7.09. The molecule has 2 aliphatic heterocycles. The Labute approximate surface area is 240 Å². The lowest BCUT2D eigenvalue weighted by Gasteiger charge is -2.32. The van der Waals surface area contributed by atoms with E-state index < -0.39 is 11.9 Å². The molecule has 6 heteroatoms. The molecular formula is C36H25NO5. The summed E-state index contributed by atoms with van der Waals surface area (Å²) in [5.74, 6) is -1.78. The third kappa shape index (κ3) is 2.93. The molecule has 8 rings (SSSR count). The number of imide groups is 1. The van der Waals surface area contributed by atoms with Gasteiger partial charge in [-0.15, -0.1) is 0 Å². The molecule has 2 aliphatic rings. The predicted molar refractivity (Wildman–Crippen MR) is 163 cm³/mol. The highest BCUT2D eigenvalue weighted by atomic mass is 16.6. The van der Waals surface area contributed by atoms with Crippen LogP contribution in [0.15, 0.2) is 66.7 Å². The number of cyclic esters (lactones) is 2. The number of esters is 2. The van der Waals surface area contributed by atoms with E-state index in [1.807, 2.05) is 42.5 Å². The number of hydrogen-bond donors (Lipinski definition) is 0. The van der Waals surface area contributed by atoms with Crippen molar-refractivity contribution in [2.24, 2.45) is 0 Å². The van der Waals surface area contributed by atoms with Crippen molar-refractivity contribution in [3.63, 3.8) is 0 Å². The van der Waals surface area contributed by atoms with Crippen LogP contribution in [-0.2, 0) is 4.74 Å². The third-order valence-electron chi connectivity index (χ3n) is 8.96. The number of nitrogens with zero attached hydrogens (tertiary/aromatic N) is 1. The van der Waals surface area contributed by atoms with Gasteiger partial charge in [-0.25, -0.2) is 14.5 Å². The van der Waals surface area contributed by atoms with Crippen LogP contribution in [0.1, 0.15) is 92.1 Å². The fourth-order valence-corrected chi connectivity index (χ4v) is 7.09. The molecule has 0 aromatic heterocycles. The summed E-state index contributed by atoms with van der Waals surface area (Å²) < 4.78 is 4.97. The number of benzene rings is 6. The molecule has 0 fully saturated rings. The van der Waals surface area contributed by atoms with E-state index in [4.69, 9.17) is 4.74 Å². The summed E-state index contributed by atoms with van der Waals surface area (Å²) in [6.07, 6.45) is 0. The van der Waals surface area contributed by atoms with E-state index in [0.29, 0.717) is 38.7 Å². The fraction of sp³-hybridized carbons (Fsp3) is 0.167. The first-order valence-electron chi connectivity index (χ1n) is 14.2. The second kappa shape index (κ2) is 8.23. The van der Waals surface area contributed by atoms with Gasteiger partial charge in [0.2, 0.25) is 0 Å². The molecule has 6 aromatic rings. The smallest absolute Gasteiger partial charge is 0.346 e. The van der Waals surface area contributed by atoms with E-state index in [9.17, 15) is 19.2 Å². The summed E-state index contributed by atoms with van der Waals surface area (Å²) in [6.45, 7) is 8.29. The van der Waals surface area contributed by atoms with Crippen LogP contribution in [0.5, 0.6) is 0 Å². The Morgan fingerprint density at radius 3 is 1.29 bits per heavy atom. The second-order valence-electron chi connectivity index (χ2n) is 11.9. The minimum absolute atomic E-state index is 0.110. The maximum atomic E-state index is 14.4. The molecule has 204 valence electrons. The molecule has 0 aliphatic carbocycles. The van der Waals surface area contributed by atoms with Crippen molar-refractivity contribution in [3.8, 4) is 0 Å². The Kier molecular flexibility index (Phi) is 4.83. The molecule has 2 heterocycles. The highest BCUT2D eigenvalue weighted by Gasteiger charge is 2.38. The first-order valence-corrected chi connectivity index (χ1v) is 14.2. The molecule has 0 radical (unpaired) electrons. The summed E-state index contributed by atoms with van der Waals surface area (Å²) in [6, 6.07) is 20.5. The highest BCUT2D eigenvalue weighted by Crippen LogP contribution is 2.47. The van der Waals surface area contributed by atoms with E-state index in [0.717, 1.165) is 43.4 Å². The molecule has 0 saturated heterocycles. The Morgan fingerprint density at radius 2 is 0.881 bits per heavy atom. The Balaban J connectivity index is 1.46. The molecule has 0 atom stereocenters. The Bertz CT molecular complexity index is 2110. The SMILES string of the molecule is CC(C)c1cccc(C(C)C)c1N1C(=O)c2ccc3c4ccc5c6c(ccc(c7ccc(c2c37)C1=O)c64)C(=O)OC5=O. The minimum atomic E-state index is -0.661. The lowest BCUT2D eigenvalue weighted by molar-refractivity contribution is 0.0390. The van der Waals surface area contributed by atoms with E-state index >= 15 is 0 Å². The van der Waals surface area contributed by atoms with Crippen molar-refractivity contribution in [2.75, 3.05) is 4.90 Å². The van der Waals surface area contributed by atoms with Crippen molar-refractivity contribution in [2.45, 2.75) is 39.5 Å². The van der Waals surface area contributed by atoms with Gasteiger partial charge in [0.05, 0.1) is 16.8 Å². The minimum Gasteiger partial charge on any atom is -0.386 e. The third-order valence-corrected chi connectivity index (χ3v) is 8.96. The second-order valence-corrected chi connectivity index (χ2v) is 11.9. The number of carbonyl (C=O) groups is 4. The van der Waals surface area contributed by atoms with Gasteiger partial charge < -0.3 is 4.74 Å². The van der Waals surface area contributed by atoms with Crippen molar-refractivity contribution >= 4 is 72.5 Å². The number of ether oxygens (including phenoxy) is 1. The zero-order valence-corrected chi connectivity index (χ0v) is 23.5. The standard InChI is InChI=1S/C36H25NO5/c1-16(2)18-6-5-7-19(17(3)4)32(18)37-33(38)24-12-8-20-22-10-14-26-31-27(36(41)42-35(26)40)15-11-23(29(22)31)21-9-13-25(34(37)39)30(24)28(20)21/h5-17H,1-4H3. The van der Waals surface area contributed by atoms with Crippen LogP contribution in [-0.4, -0.2) is 23.8 Å². The quantitative estimate of drug-likeness (QED) is 0.0730. The van der Waals surface area contributed by atoms with E-state index in [1.54, 1.807) is 24.3 Å². The lowest BCUT2D eigenvalue weighted by Crippen LogP contribution is -2.41. The number of anilines is 1. The number of rotatable bonds is 3. The van der Waals surface area contributed by atoms with Gasteiger partial charge in [-0.2, -0.15) is 0 Å². The van der Waals surface area contributed by atoms with E-state index in [1.165, 1.54) is 4.90 Å².